The van der Waals surface area contributed by atoms with Crippen LogP contribution in [0.15, 0.2) is 18.2 Å². The van der Waals surface area contributed by atoms with E-state index in [2.05, 4.69) is 26.1 Å². The minimum atomic E-state index is -0.159. The van der Waals surface area contributed by atoms with E-state index >= 15 is 0 Å². The van der Waals surface area contributed by atoms with Crippen LogP contribution in [0.1, 0.15) is 58.4 Å². The molecule has 20 heavy (non-hydrogen) atoms. The van der Waals surface area contributed by atoms with Crippen molar-refractivity contribution in [3.63, 3.8) is 0 Å². The van der Waals surface area contributed by atoms with Gasteiger partial charge in [0.25, 0.3) is 0 Å². The quantitative estimate of drug-likeness (QED) is 0.821. The lowest BCUT2D eigenvalue weighted by molar-refractivity contribution is 0.247. The van der Waals surface area contributed by atoms with Crippen LogP contribution in [0.5, 0.6) is 0 Å². The van der Waals surface area contributed by atoms with Crippen molar-refractivity contribution < 1.29 is 4.39 Å². The molecular weight excluding hydrogens is 273 g/mol. The van der Waals surface area contributed by atoms with Crippen LogP contribution in [0, 0.1) is 5.82 Å². The second-order valence-electron chi connectivity index (χ2n) is 7.04. The van der Waals surface area contributed by atoms with Gasteiger partial charge in [0.05, 0.1) is 0 Å². The van der Waals surface area contributed by atoms with Crippen LogP contribution in [0.4, 0.5) is 4.39 Å². The Morgan fingerprint density at radius 3 is 2.40 bits per heavy atom. The summed E-state index contributed by atoms with van der Waals surface area (Å²) < 4.78 is 14.4. The zero-order valence-corrected chi connectivity index (χ0v) is 13.5. The monoisotopic (exact) mass is 297 g/mol. The molecule has 0 bridgehead atoms. The van der Waals surface area contributed by atoms with Gasteiger partial charge in [-0.15, -0.1) is 0 Å². The molecule has 2 rings (SSSR count). The number of halogens is 2. The highest BCUT2D eigenvalue weighted by Gasteiger charge is 2.38. The second-order valence-corrected chi connectivity index (χ2v) is 7.45. The molecule has 112 valence electrons. The summed E-state index contributed by atoms with van der Waals surface area (Å²) in [6.45, 7) is 7.22. The summed E-state index contributed by atoms with van der Waals surface area (Å²) in [7, 11) is 0. The lowest BCUT2D eigenvalue weighted by Gasteiger charge is -2.41. The Morgan fingerprint density at radius 1 is 1.20 bits per heavy atom. The maximum Gasteiger partial charge on any atom is 0.128 e. The molecule has 0 aromatic heterocycles. The van der Waals surface area contributed by atoms with Crippen molar-refractivity contribution in [2.24, 2.45) is 0 Å². The Morgan fingerprint density at radius 2 is 1.85 bits per heavy atom. The van der Waals surface area contributed by atoms with Crippen LogP contribution in [-0.4, -0.2) is 12.1 Å². The molecule has 1 aliphatic carbocycles. The van der Waals surface area contributed by atoms with E-state index in [0.717, 1.165) is 37.8 Å². The fourth-order valence-corrected chi connectivity index (χ4v) is 3.55. The third kappa shape index (κ3) is 3.53. The van der Waals surface area contributed by atoms with E-state index < -0.39 is 0 Å². The van der Waals surface area contributed by atoms with Gasteiger partial charge >= 0.3 is 0 Å². The van der Waals surface area contributed by atoms with Crippen LogP contribution in [0.2, 0.25) is 5.02 Å². The van der Waals surface area contributed by atoms with Gasteiger partial charge in [0.2, 0.25) is 0 Å². The molecule has 0 atom stereocenters. The minimum Gasteiger partial charge on any atom is -0.311 e. The van der Waals surface area contributed by atoms with E-state index in [9.17, 15) is 4.39 Å². The maximum atomic E-state index is 14.4. The Hall–Kier alpha value is -0.600. The van der Waals surface area contributed by atoms with Crippen LogP contribution in [0.25, 0.3) is 0 Å². The average molecular weight is 298 g/mol. The van der Waals surface area contributed by atoms with Crippen molar-refractivity contribution in [3.8, 4) is 0 Å². The third-order valence-electron chi connectivity index (χ3n) is 4.26. The van der Waals surface area contributed by atoms with Crippen molar-refractivity contribution in [3.05, 3.63) is 34.6 Å². The highest BCUT2D eigenvalue weighted by Crippen LogP contribution is 2.43. The zero-order valence-electron chi connectivity index (χ0n) is 12.7. The van der Waals surface area contributed by atoms with Gasteiger partial charge in [0.1, 0.15) is 5.82 Å². The number of hydrogen-bond donors (Lipinski definition) is 1. The summed E-state index contributed by atoms with van der Waals surface area (Å²) in [4.78, 5) is 0. The number of nitrogens with one attached hydrogen (secondary N) is 1. The fraction of sp³-hybridized carbons (Fsp3) is 0.647. The Balaban J connectivity index is 2.36. The minimum absolute atomic E-state index is 0.0299. The molecule has 1 aromatic rings. The third-order valence-corrected chi connectivity index (χ3v) is 4.58. The van der Waals surface area contributed by atoms with E-state index in [1.807, 2.05) is 6.07 Å². The van der Waals surface area contributed by atoms with Gasteiger partial charge in [0.15, 0.2) is 0 Å². The normalized spacial score (nSPS) is 19.1. The topological polar surface area (TPSA) is 12.0 Å². The predicted molar refractivity (Wildman–Crippen MR) is 83.9 cm³/mol. The lowest BCUT2D eigenvalue weighted by atomic mass is 9.69. The molecule has 1 saturated carbocycles. The van der Waals surface area contributed by atoms with Gasteiger partial charge in [-0.3, -0.25) is 0 Å². The highest BCUT2D eigenvalue weighted by atomic mass is 35.5. The first-order chi connectivity index (χ1) is 9.34. The van der Waals surface area contributed by atoms with Crippen LogP contribution < -0.4 is 5.32 Å². The Kier molecular flexibility index (Phi) is 4.76. The van der Waals surface area contributed by atoms with Gasteiger partial charge in [0, 0.05) is 28.1 Å². The first-order valence-corrected chi connectivity index (χ1v) is 7.91. The molecule has 1 fully saturated rings. The van der Waals surface area contributed by atoms with Crippen molar-refractivity contribution >= 4 is 11.6 Å². The van der Waals surface area contributed by atoms with E-state index in [4.69, 9.17) is 11.6 Å². The molecule has 0 amide bonds. The van der Waals surface area contributed by atoms with Crippen LogP contribution >= 0.6 is 11.6 Å². The first kappa shape index (κ1) is 15.8. The van der Waals surface area contributed by atoms with Gasteiger partial charge in [-0.1, -0.05) is 36.9 Å². The van der Waals surface area contributed by atoms with Crippen molar-refractivity contribution in [2.45, 2.75) is 63.8 Å². The lowest BCUT2D eigenvalue weighted by Crippen LogP contribution is -2.47. The molecule has 1 N–H and O–H groups in total. The van der Waals surface area contributed by atoms with Crippen LogP contribution in [0.3, 0.4) is 0 Å². The standard InChI is InChI=1S/C17H25ClFN/c1-16(2,3)20-12-17(10-5-4-6-11-17)15-13(18)8-7-9-14(15)19/h7-9,20H,4-6,10-12H2,1-3H3. The zero-order chi connectivity index (χ0) is 14.8. The van der Waals surface area contributed by atoms with E-state index in [-0.39, 0.29) is 16.8 Å². The predicted octanol–water partition coefficient (Wildman–Crippen LogP) is 5.07. The van der Waals surface area contributed by atoms with Gasteiger partial charge in [-0.05, 0) is 45.7 Å². The molecule has 0 unspecified atom stereocenters. The molecule has 0 spiro atoms. The van der Waals surface area contributed by atoms with Gasteiger partial charge in [-0.25, -0.2) is 4.39 Å². The molecule has 0 saturated heterocycles. The van der Waals surface area contributed by atoms with Gasteiger partial charge in [-0.2, -0.15) is 0 Å². The second kappa shape index (κ2) is 6.03. The van der Waals surface area contributed by atoms with Crippen molar-refractivity contribution in [2.75, 3.05) is 6.54 Å². The van der Waals surface area contributed by atoms with E-state index in [1.165, 1.54) is 12.5 Å². The number of rotatable bonds is 3. The fourth-order valence-electron chi connectivity index (χ4n) is 3.18. The number of benzene rings is 1. The summed E-state index contributed by atoms with van der Waals surface area (Å²) >= 11 is 6.33. The molecule has 3 heteroatoms. The molecule has 0 aliphatic heterocycles. The average Bonchev–Trinajstić information content (AvgIpc) is 2.37. The molecule has 0 heterocycles. The summed E-state index contributed by atoms with van der Waals surface area (Å²) in [5.41, 5.74) is 0.592. The molecular formula is C17H25ClFN. The largest absolute Gasteiger partial charge is 0.311 e. The number of hydrogen-bond acceptors (Lipinski definition) is 1. The molecule has 1 aliphatic rings. The molecule has 1 aromatic carbocycles. The van der Waals surface area contributed by atoms with Crippen molar-refractivity contribution in [1.82, 2.24) is 5.32 Å². The SMILES string of the molecule is CC(C)(C)NCC1(c2c(F)cccc2Cl)CCCCC1. The van der Waals surface area contributed by atoms with E-state index in [1.54, 1.807) is 6.07 Å². The van der Waals surface area contributed by atoms with E-state index in [0.29, 0.717) is 5.02 Å². The Bertz CT molecular complexity index is 438. The highest BCUT2D eigenvalue weighted by molar-refractivity contribution is 6.31. The summed E-state index contributed by atoms with van der Waals surface area (Å²) in [6.07, 6.45) is 5.56. The first-order valence-electron chi connectivity index (χ1n) is 7.54. The summed E-state index contributed by atoms with van der Waals surface area (Å²) in [6, 6.07) is 5.04. The smallest absolute Gasteiger partial charge is 0.128 e. The summed E-state index contributed by atoms with van der Waals surface area (Å²) in [5, 5.41) is 4.13. The Labute approximate surface area is 126 Å². The maximum absolute atomic E-state index is 14.4. The van der Waals surface area contributed by atoms with Gasteiger partial charge < -0.3 is 5.32 Å². The molecule has 0 radical (unpaired) electrons. The van der Waals surface area contributed by atoms with Crippen LogP contribution in [-0.2, 0) is 5.41 Å². The molecule has 1 nitrogen and oxygen atoms in total. The van der Waals surface area contributed by atoms with Crippen molar-refractivity contribution in [1.29, 1.82) is 0 Å². The summed E-state index contributed by atoms with van der Waals surface area (Å²) in [5.74, 6) is -0.157.